The normalized spacial score (nSPS) is 17.5. The molecular formula is C14H20N2O4. The molecule has 5 N–H and O–H groups in total. The Hall–Kier alpha value is -1.92. The summed E-state index contributed by atoms with van der Waals surface area (Å²) in [7, 11) is 0. The summed E-state index contributed by atoms with van der Waals surface area (Å²) in [5, 5.41) is 8.33. The third-order valence-electron chi connectivity index (χ3n) is 2.78. The Morgan fingerprint density at radius 2 is 1.90 bits per heavy atom. The van der Waals surface area contributed by atoms with Crippen LogP contribution in [0.1, 0.15) is 30.9 Å². The number of unbranched alkanes of at least 4 members (excludes halogenated alkanes) is 1. The maximum Gasteiger partial charge on any atom is 0.353 e. The maximum atomic E-state index is 10.5. The second kappa shape index (κ2) is 8.29. The number of epoxide rings is 1. The molecule has 6 nitrogen and oxygen atoms in total. The lowest BCUT2D eigenvalue weighted by Gasteiger charge is -2.03. The van der Waals surface area contributed by atoms with Gasteiger partial charge in [-0.3, -0.25) is 4.79 Å². The van der Waals surface area contributed by atoms with Crippen LogP contribution in [0.15, 0.2) is 30.3 Å². The van der Waals surface area contributed by atoms with Gasteiger partial charge in [-0.1, -0.05) is 36.8 Å². The monoisotopic (exact) mass is 280 g/mol. The fourth-order valence-corrected chi connectivity index (χ4v) is 1.55. The summed E-state index contributed by atoms with van der Waals surface area (Å²) in [6, 6.07) is 8.75. The third kappa shape index (κ3) is 5.81. The molecule has 0 saturated carbocycles. The van der Waals surface area contributed by atoms with Gasteiger partial charge in [-0.05, 0) is 19.4 Å². The number of carboxylic acid groups (broad SMARTS) is 1. The van der Waals surface area contributed by atoms with E-state index in [1.807, 2.05) is 30.3 Å². The minimum atomic E-state index is -0.933. The molecule has 1 unspecified atom stereocenters. The van der Waals surface area contributed by atoms with Crippen molar-refractivity contribution < 1.29 is 19.4 Å². The Bertz CT molecular complexity index is 436. The van der Waals surface area contributed by atoms with Gasteiger partial charge in [0.05, 0.1) is 0 Å². The Labute approximate surface area is 117 Å². The summed E-state index contributed by atoms with van der Waals surface area (Å²) in [4.78, 5) is 20.6. The Morgan fingerprint density at radius 3 is 2.35 bits per heavy atom. The van der Waals surface area contributed by atoms with E-state index in [2.05, 4.69) is 4.74 Å². The summed E-state index contributed by atoms with van der Waals surface area (Å²) < 4.78 is 4.66. The van der Waals surface area contributed by atoms with E-state index in [0.29, 0.717) is 13.0 Å². The molecule has 1 aliphatic rings. The highest BCUT2D eigenvalue weighted by molar-refractivity contribution is 5.88. The Kier molecular flexibility index (Phi) is 6.69. The van der Waals surface area contributed by atoms with E-state index in [1.54, 1.807) is 0 Å². The fraction of sp³-hybridized carbons (Fsp3) is 0.429. The van der Waals surface area contributed by atoms with E-state index in [0.717, 1.165) is 18.4 Å². The lowest BCUT2D eigenvalue weighted by molar-refractivity contribution is -0.138. The van der Waals surface area contributed by atoms with Crippen LogP contribution in [-0.4, -0.2) is 29.6 Å². The lowest BCUT2D eigenvalue weighted by atomic mass is 10.1. The molecule has 2 atom stereocenters. The smallest absolute Gasteiger partial charge is 0.353 e. The molecule has 0 aromatic heterocycles. The molecule has 1 aromatic carbocycles. The molecule has 2 rings (SSSR count). The molecular weight excluding hydrogens is 260 g/mol. The number of aliphatic carboxylic acids is 1. The summed E-state index contributed by atoms with van der Waals surface area (Å²) in [5.41, 5.74) is 11.4. The number of cyclic esters (lactones) is 1. The molecule has 20 heavy (non-hydrogen) atoms. The highest BCUT2D eigenvalue weighted by atomic mass is 16.6. The van der Waals surface area contributed by atoms with Crippen LogP contribution < -0.4 is 11.5 Å². The van der Waals surface area contributed by atoms with Crippen LogP contribution in [-0.2, 0) is 14.3 Å². The van der Waals surface area contributed by atoms with Crippen LogP contribution in [0.5, 0.6) is 0 Å². The quantitative estimate of drug-likeness (QED) is 0.524. The zero-order valence-electron chi connectivity index (χ0n) is 11.2. The number of carbonyl (C=O) groups is 2. The zero-order valence-corrected chi connectivity index (χ0v) is 11.2. The van der Waals surface area contributed by atoms with Gasteiger partial charge in [0.25, 0.3) is 0 Å². The van der Waals surface area contributed by atoms with Crippen LogP contribution in [0.3, 0.4) is 0 Å². The first-order chi connectivity index (χ1) is 9.56. The van der Waals surface area contributed by atoms with Gasteiger partial charge in [0.1, 0.15) is 6.04 Å². The standard InChI is InChI=1S/C8H6O2.C6H14N2O2/c9-8-7(10-8)6-4-2-1-3-5-6;7-4-2-1-3-5(8)6(9)10/h1-5,7H;5H,1-4,7-8H2,(H,9,10)/t;5-/m.0/s1. The van der Waals surface area contributed by atoms with Crippen molar-refractivity contribution in [1.82, 2.24) is 0 Å². The van der Waals surface area contributed by atoms with E-state index in [-0.39, 0.29) is 12.1 Å². The summed E-state index contributed by atoms with van der Waals surface area (Å²) in [5.74, 6) is -1.05. The van der Waals surface area contributed by atoms with Crippen molar-refractivity contribution in [3.63, 3.8) is 0 Å². The van der Waals surface area contributed by atoms with Gasteiger partial charge in [-0.15, -0.1) is 0 Å². The predicted molar refractivity (Wildman–Crippen MR) is 73.8 cm³/mol. The van der Waals surface area contributed by atoms with Crippen molar-refractivity contribution in [2.24, 2.45) is 11.5 Å². The summed E-state index contributed by atoms with van der Waals surface area (Å²) in [6.07, 6.45) is 1.90. The molecule has 0 spiro atoms. The van der Waals surface area contributed by atoms with Crippen molar-refractivity contribution in [2.75, 3.05) is 6.54 Å². The first-order valence-electron chi connectivity index (χ1n) is 6.50. The number of ether oxygens (including phenoxy) is 1. The molecule has 0 bridgehead atoms. The number of hydrogen-bond donors (Lipinski definition) is 3. The largest absolute Gasteiger partial charge is 0.480 e. The molecule has 110 valence electrons. The first kappa shape index (κ1) is 16.1. The van der Waals surface area contributed by atoms with Crippen LogP contribution >= 0.6 is 0 Å². The first-order valence-corrected chi connectivity index (χ1v) is 6.50. The molecule has 0 amide bonds. The summed E-state index contributed by atoms with van der Waals surface area (Å²) >= 11 is 0. The van der Waals surface area contributed by atoms with E-state index < -0.39 is 12.0 Å². The van der Waals surface area contributed by atoms with E-state index >= 15 is 0 Å². The van der Waals surface area contributed by atoms with Gasteiger partial charge >= 0.3 is 11.9 Å². The van der Waals surface area contributed by atoms with Crippen molar-refractivity contribution >= 4 is 11.9 Å². The molecule has 1 saturated heterocycles. The number of carbonyl (C=O) groups excluding carboxylic acids is 1. The zero-order chi connectivity index (χ0) is 15.0. The van der Waals surface area contributed by atoms with E-state index in [1.165, 1.54) is 0 Å². The number of benzene rings is 1. The highest BCUT2D eigenvalue weighted by Crippen LogP contribution is 2.30. The Balaban J connectivity index is 0.000000200. The van der Waals surface area contributed by atoms with Crippen molar-refractivity contribution in [3.05, 3.63) is 35.9 Å². The van der Waals surface area contributed by atoms with Crippen molar-refractivity contribution in [2.45, 2.75) is 31.4 Å². The lowest BCUT2D eigenvalue weighted by Crippen LogP contribution is -2.29. The maximum absolute atomic E-state index is 10.5. The molecule has 1 aromatic rings. The second-order valence-corrected chi connectivity index (χ2v) is 4.46. The average molecular weight is 280 g/mol. The van der Waals surface area contributed by atoms with Crippen LogP contribution in [0, 0.1) is 0 Å². The minimum absolute atomic E-state index is 0.119. The average Bonchev–Trinajstić information content (AvgIpc) is 3.18. The van der Waals surface area contributed by atoms with Crippen LogP contribution in [0.4, 0.5) is 0 Å². The molecule has 1 fully saturated rings. The van der Waals surface area contributed by atoms with E-state index in [9.17, 15) is 9.59 Å². The van der Waals surface area contributed by atoms with E-state index in [4.69, 9.17) is 16.6 Å². The third-order valence-corrected chi connectivity index (χ3v) is 2.78. The number of rotatable bonds is 6. The molecule has 0 aliphatic carbocycles. The Morgan fingerprint density at radius 1 is 1.30 bits per heavy atom. The topological polar surface area (TPSA) is 119 Å². The molecule has 1 heterocycles. The SMILES string of the molecule is NCCCC[C@H](N)C(=O)O.O=C1OC1c1ccccc1. The molecule has 1 aliphatic heterocycles. The van der Waals surface area contributed by atoms with Crippen molar-refractivity contribution in [1.29, 1.82) is 0 Å². The van der Waals surface area contributed by atoms with Crippen LogP contribution in [0.25, 0.3) is 0 Å². The second-order valence-electron chi connectivity index (χ2n) is 4.46. The van der Waals surface area contributed by atoms with Crippen molar-refractivity contribution in [3.8, 4) is 0 Å². The summed E-state index contributed by atoms with van der Waals surface area (Å²) in [6.45, 7) is 0.604. The van der Waals surface area contributed by atoms with Gasteiger partial charge in [0.2, 0.25) is 6.10 Å². The number of hydrogen-bond acceptors (Lipinski definition) is 5. The van der Waals surface area contributed by atoms with Gasteiger partial charge in [-0.25, -0.2) is 4.79 Å². The fourth-order valence-electron chi connectivity index (χ4n) is 1.55. The minimum Gasteiger partial charge on any atom is -0.480 e. The van der Waals surface area contributed by atoms with Gasteiger partial charge in [-0.2, -0.15) is 0 Å². The highest BCUT2D eigenvalue weighted by Gasteiger charge is 2.39. The van der Waals surface area contributed by atoms with Crippen LogP contribution in [0.2, 0.25) is 0 Å². The predicted octanol–water partition coefficient (Wildman–Crippen LogP) is 0.812. The number of carboxylic acids is 1. The van der Waals surface area contributed by atoms with Gasteiger partial charge in [0.15, 0.2) is 0 Å². The molecule has 6 heteroatoms. The van der Waals surface area contributed by atoms with Gasteiger partial charge in [0, 0.05) is 5.56 Å². The molecule has 0 radical (unpaired) electrons. The number of nitrogens with two attached hydrogens (primary N) is 2. The van der Waals surface area contributed by atoms with Gasteiger partial charge < -0.3 is 21.3 Å².